The van der Waals surface area contributed by atoms with Gasteiger partial charge in [0.05, 0.1) is 5.56 Å². The number of furan rings is 1. The standard InChI is InChI=1S/C19H23N3O3/c1-13-10-16(14(2)25-13)19(24)22-9-4-3-7-17(22)18(23)21-12-15-6-5-8-20-11-15/h5-6,8,10-11,17H,3-4,7,9,12H2,1-2H3,(H,21,23). The number of aromatic nitrogens is 1. The van der Waals surface area contributed by atoms with Crippen LogP contribution < -0.4 is 5.32 Å². The number of likely N-dealkylation sites (tertiary alicyclic amines) is 1. The second-order valence-electron chi connectivity index (χ2n) is 6.42. The molecule has 2 aromatic rings. The average molecular weight is 341 g/mol. The summed E-state index contributed by atoms with van der Waals surface area (Å²) >= 11 is 0. The van der Waals surface area contributed by atoms with E-state index in [0.29, 0.717) is 36.6 Å². The van der Waals surface area contributed by atoms with Gasteiger partial charge in [0.15, 0.2) is 0 Å². The van der Waals surface area contributed by atoms with Crippen LogP contribution in [0.3, 0.4) is 0 Å². The molecule has 1 aliphatic heterocycles. The Bertz CT molecular complexity index is 755. The summed E-state index contributed by atoms with van der Waals surface area (Å²) in [4.78, 5) is 31.3. The zero-order valence-corrected chi connectivity index (χ0v) is 14.6. The number of amides is 2. The van der Waals surface area contributed by atoms with E-state index in [1.54, 1.807) is 30.3 Å². The Hall–Kier alpha value is -2.63. The highest BCUT2D eigenvalue weighted by atomic mass is 16.3. The van der Waals surface area contributed by atoms with Crippen molar-refractivity contribution in [3.63, 3.8) is 0 Å². The zero-order valence-electron chi connectivity index (χ0n) is 14.6. The molecule has 1 unspecified atom stereocenters. The summed E-state index contributed by atoms with van der Waals surface area (Å²) in [6, 6.07) is 5.06. The molecule has 2 amide bonds. The fourth-order valence-corrected chi connectivity index (χ4v) is 3.25. The highest BCUT2D eigenvalue weighted by Gasteiger charge is 2.33. The van der Waals surface area contributed by atoms with Gasteiger partial charge in [-0.2, -0.15) is 0 Å². The lowest BCUT2D eigenvalue weighted by Gasteiger charge is -2.34. The fraction of sp³-hybridized carbons (Fsp3) is 0.421. The Balaban J connectivity index is 1.70. The van der Waals surface area contributed by atoms with Crippen LogP contribution in [-0.4, -0.2) is 34.3 Å². The Morgan fingerprint density at radius 3 is 2.88 bits per heavy atom. The number of hydrogen-bond acceptors (Lipinski definition) is 4. The molecule has 6 nitrogen and oxygen atoms in total. The van der Waals surface area contributed by atoms with Crippen molar-refractivity contribution in [1.29, 1.82) is 0 Å². The van der Waals surface area contributed by atoms with E-state index in [2.05, 4.69) is 10.3 Å². The fourth-order valence-electron chi connectivity index (χ4n) is 3.25. The lowest BCUT2D eigenvalue weighted by molar-refractivity contribution is -0.126. The van der Waals surface area contributed by atoms with E-state index in [4.69, 9.17) is 4.42 Å². The number of hydrogen-bond donors (Lipinski definition) is 1. The van der Waals surface area contributed by atoms with Crippen LogP contribution in [0.25, 0.3) is 0 Å². The van der Waals surface area contributed by atoms with Crippen molar-refractivity contribution >= 4 is 11.8 Å². The highest BCUT2D eigenvalue weighted by Crippen LogP contribution is 2.23. The van der Waals surface area contributed by atoms with Gasteiger partial charge in [0.25, 0.3) is 5.91 Å². The first-order chi connectivity index (χ1) is 12.1. The number of carbonyl (C=O) groups excluding carboxylic acids is 2. The summed E-state index contributed by atoms with van der Waals surface area (Å²) in [6.07, 6.45) is 5.95. The molecule has 1 N–H and O–H groups in total. The van der Waals surface area contributed by atoms with E-state index in [1.165, 1.54) is 0 Å². The van der Waals surface area contributed by atoms with E-state index >= 15 is 0 Å². The Morgan fingerprint density at radius 1 is 1.36 bits per heavy atom. The van der Waals surface area contributed by atoms with Crippen molar-refractivity contribution in [3.05, 3.63) is 53.2 Å². The zero-order chi connectivity index (χ0) is 17.8. The SMILES string of the molecule is Cc1cc(C(=O)N2CCCCC2C(=O)NCc2cccnc2)c(C)o1. The molecule has 0 aromatic carbocycles. The Labute approximate surface area is 147 Å². The second-order valence-corrected chi connectivity index (χ2v) is 6.42. The van der Waals surface area contributed by atoms with Gasteiger partial charge in [-0.1, -0.05) is 6.07 Å². The predicted molar refractivity (Wildman–Crippen MR) is 92.9 cm³/mol. The van der Waals surface area contributed by atoms with Gasteiger partial charge < -0.3 is 14.6 Å². The number of pyridine rings is 1. The van der Waals surface area contributed by atoms with Crippen molar-refractivity contribution in [2.45, 2.75) is 45.7 Å². The van der Waals surface area contributed by atoms with Crippen LogP contribution >= 0.6 is 0 Å². The molecule has 3 rings (SSSR count). The average Bonchev–Trinajstić information content (AvgIpc) is 2.98. The topological polar surface area (TPSA) is 75.4 Å². The van der Waals surface area contributed by atoms with E-state index in [-0.39, 0.29) is 11.8 Å². The highest BCUT2D eigenvalue weighted by molar-refractivity contribution is 5.98. The van der Waals surface area contributed by atoms with E-state index in [1.807, 2.05) is 19.1 Å². The van der Waals surface area contributed by atoms with Crippen LogP contribution in [0.15, 0.2) is 35.0 Å². The van der Waals surface area contributed by atoms with Gasteiger partial charge in [0.2, 0.25) is 5.91 Å². The normalized spacial score (nSPS) is 17.4. The number of aryl methyl sites for hydroxylation is 2. The largest absolute Gasteiger partial charge is 0.466 e. The Morgan fingerprint density at radius 2 is 2.20 bits per heavy atom. The number of carbonyl (C=O) groups is 2. The van der Waals surface area contributed by atoms with E-state index < -0.39 is 6.04 Å². The molecule has 0 radical (unpaired) electrons. The van der Waals surface area contributed by atoms with Crippen molar-refractivity contribution in [2.24, 2.45) is 0 Å². The van der Waals surface area contributed by atoms with Crippen molar-refractivity contribution in [2.75, 3.05) is 6.54 Å². The molecule has 1 saturated heterocycles. The monoisotopic (exact) mass is 341 g/mol. The lowest BCUT2D eigenvalue weighted by Crippen LogP contribution is -2.51. The van der Waals surface area contributed by atoms with Gasteiger partial charge in [-0.25, -0.2) is 0 Å². The summed E-state index contributed by atoms with van der Waals surface area (Å²) in [5.41, 5.74) is 1.48. The van der Waals surface area contributed by atoms with Crippen LogP contribution in [0.4, 0.5) is 0 Å². The molecular formula is C19H23N3O3. The molecule has 1 fully saturated rings. The molecule has 2 aromatic heterocycles. The quantitative estimate of drug-likeness (QED) is 0.927. The van der Waals surface area contributed by atoms with Gasteiger partial charge in [0, 0.05) is 25.5 Å². The van der Waals surface area contributed by atoms with Crippen LogP contribution in [0.5, 0.6) is 0 Å². The molecule has 132 valence electrons. The van der Waals surface area contributed by atoms with Crippen LogP contribution in [-0.2, 0) is 11.3 Å². The minimum absolute atomic E-state index is 0.116. The third kappa shape index (κ3) is 3.90. The number of nitrogens with one attached hydrogen (secondary N) is 1. The third-order valence-electron chi connectivity index (χ3n) is 4.53. The van der Waals surface area contributed by atoms with Gasteiger partial charge >= 0.3 is 0 Å². The summed E-state index contributed by atoms with van der Waals surface area (Å²) in [7, 11) is 0. The van der Waals surface area contributed by atoms with Crippen molar-refractivity contribution < 1.29 is 14.0 Å². The smallest absolute Gasteiger partial charge is 0.258 e. The second kappa shape index (κ2) is 7.51. The van der Waals surface area contributed by atoms with E-state index in [0.717, 1.165) is 18.4 Å². The molecule has 1 atom stereocenters. The summed E-state index contributed by atoms with van der Waals surface area (Å²) in [6.45, 7) is 4.60. The molecule has 25 heavy (non-hydrogen) atoms. The number of rotatable bonds is 4. The molecule has 0 spiro atoms. The van der Waals surface area contributed by atoms with Crippen LogP contribution in [0, 0.1) is 13.8 Å². The van der Waals surface area contributed by atoms with Crippen molar-refractivity contribution in [1.82, 2.24) is 15.2 Å². The molecule has 0 aliphatic carbocycles. The number of piperidine rings is 1. The summed E-state index contributed by atoms with van der Waals surface area (Å²) in [5, 5.41) is 2.93. The van der Waals surface area contributed by atoms with Gasteiger partial charge in [-0.3, -0.25) is 14.6 Å². The predicted octanol–water partition coefficient (Wildman–Crippen LogP) is 2.60. The van der Waals surface area contributed by atoms with Crippen molar-refractivity contribution in [3.8, 4) is 0 Å². The maximum absolute atomic E-state index is 12.9. The first-order valence-corrected chi connectivity index (χ1v) is 8.61. The van der Waals surface area contributed by atoms with Gasteiger partial charge in [0.1, 0.15) is 17.6 Å². The number of nitrogens with zero attached hydrogens (tertiary/aromatic N) is 2. The Kier molecular flexibility index (Phi) is 5.16. The first-order valence-electron chi connectivity index (χ1n) is 8.61. The third-order valence-corrected chi connectivity index (χ3v) is 4.53. The summed E-state index contributed by atoms with van der Waals surface area (Å²) < 4.78 is 5.47. The van der Waals surface area contributed by atoms with Gasteiger partial charge in [-0.05, 0) is 50.8 Å². The van der Waals surface area contributed by atoms with Crippen LogP contribution in [0.2, 0.25) is 0 Å². The minimum atomic E-state index is -0.437. The van der Waals surface area contributed by atoms with E-state index in [9.17, 15) is 9.59 Å². The lowest BCUT2D eigenvalue weighted by atomic mass is 10.00. The maximum Gasteiger partial charge on any atom is 0.258 e. The molecule has 3 heterocycles. The summed E-state index contributed by atoms with van der Waals surface area (Å²) in [5.74, 6) is 1.06. The first kappa shape index (κ1) is 17.2. The van der Waals surface area contributed by atoms with Gasteiger partial charge in [-0.15, -0.1) is 0 Å². The minimum Gasteiger partial charge on any atom is -0.466 e. The maximum atomic E-state index is 12.9. The molecule has 0 saturated carbocycles. The molecule has 0 bridgehead atoms. The van der Waals surface area contributed by atoms with Crippen LogP contribution in [0.1, 0.15) is 46.7 Å². The molecular weight excluding hydrogens is 318 g/mol. The molecule has 1 aliphatic rings. The molecule has 6 heteroatoms.